The van der Waals surface area contributed by atoms with E-state index in [2.05, 4.69) is 22.0 Å². The van der Waals surface area contributed by atoms with Gasteiger partial charge in [0.2, 0.25) is 0 Å². The number of nitrogens with one attached hydrogen (secondary N) is 1. The van der Waals surface area contributed by atoms with Crippen molar-refractivity contribution in [2.75, 3.05) is 0 Å². The molecule has 0 aromatic heterocycles. The molecule has 6 nitrogen and oxygen atoms in total. The molecule has 0 radical (unpaired) electrons. The minimum absolute atomic E-state index is 0.0575. The van der Waals surface area contributed by atoms with Crippen LogP contribution in [0.25, 0.3) is 4.91 Å². The normalized spacial score (nSPS) is 18.6. The van der Waals surface area contributed by atoms with Crippen molar-refractivity contribution >= 4 is 80.1 Å². The van der Waals surface area contributed by atoms with E-state index in [1.807, 2.05) is 42.5 Å². The summed E-state index contributed by atoms with van der Waals surface area (Å²) in [5.74, 6) is -0.343. The van der Waals surface area contributed by atoms with Gasteiger partial charge in [0.15, 0.2) is 5.25 Å². The van der Waals surface area contributed by atoms with Crippen molar-refractivity contribution in [2.45, 2.75) is 28.5 Å². The van der Waals surface area contributed by atoms with E-state index in [0.29, 0.717) is 21.3 Å². The molecular weight excluding hydrogens is 569 g/mol. The van der Waals surface area contributed by atoms with Crippen molar-refractivity contribution in [1.82, 2.24) is 4.90 Å². The van der Waals surface area contributed by atoms with Crippen molar-refractivity contribution in [3.63, 3.8) is 0 Å². The molecule has 3 aromatic carbocycles. The smallest absolute Gasteiger partial charge is 0.254 e. The molecule has 2 aliphatic rings. The van der Waals surface area contributed by atoms with Gasteiger partial charge in [-0.25, -0.2) is 0 Å². The fraction of sp³-hybridized carbons (Fsp3) is 0.115. The average molecular weight is 590 g/mol. The Hall–Kier alpha value is -2.56. The van der Waals surface area contributed by atoms with Gasteiger partial charge in [-0.1, -0.05) is 70.7 Å². The molecule has 2 heterocycles. The topological polar surface area (TPSA) is 80.8 Å². The molecule has 0 aliphatic carbocycles. The van der Waals surface area contributed by atoms with Crippen LogP contribution in [0.2, 0.25) is 10.0 Å². The van der Waals surface area contributed by atoms with Gasteiger partial charge < -0.3 is 0 Å². The monoisotopic (exact) mass is 588 g/mol. The number of halogens is 2. The second-order valence-electron chi connectivity index (χ2n) is 8.46. The molecule has 3 aromatic rings. The van der Waals surface area contributed by atoms with Crippen LogP contribution in [0.15, 0.2) is 87.6 Å². The number of hydrogen-bond acceptors (Lipinski definition) is 5. The quantitative estimate of drug-likeness (QED) is 0.434. The fourth-order valence-corrected chi connectivity index (χ4v) is 7.20. The third kappa shape index (κ3) is 5.37. The SMILES string of the molecule is Cc1cc(S(=O)(=O)/[NH+]=C2/N=C3C=C(c4ccc(Cl)cc4)SC3C(=O)N2Cc2ccccc2)c(S)cc1Cl. The lowest BCUT2D eigenvalue weighted by Crippen LogP contribution is -2.80. The minimum atomic E-state index is -4.14. The molecule has 0 fully saturated rings. The van der Waals surface area contributed by atoms with Gasteiger partial charge in [-0.3, -0.25) is 4.79 Å². The molecule has 1 N–H and O–H groups in total. The molecular formula is C26H20Cl2N3O3S3+. The maximum atomic E-state index is 13.7. The van der Waals surface area contributed by atoms with E-state index in [4.69, 9.17) is 23.2 Å². The van der Waals surface area contributed by atoms with Crippen molar-refractivity contribution in [2.24, 2.45) is 4.99 Å². The lowest BCUT2D eigenvalue weighted by atomic mass is 10.1. The number of carbonyl (C=O) groups excluding carboxylic acids is 1. The van der Waals surface area contributed by atoms with Crippen LogP contribution >= 0.6 is 47.6 Å². The summed E-state index contributed by atoms with van der Waals surface area (Å²) in [5.41, 5.74) is 2.78. The standard InChI is InChI=1S/C26H19Cl2N3O3S3/c1-15-11-23(21(35)12-19(15)28)37(33,34)30-26-29-20-13-22(17-7-9-18(27)10-8-17)36-24(20)25(32)31(26)14-16-5-3-2-4-6-16/h2-13,24,35H,14H2,1H3/p+1/b30-26-. The Bertz CT molecular complexity index is 1600. The van der Waals surface area contributed by atoms with E-state index in [1.54, 1.807) is 25.1 Å². The molecule has 11 heteroatoms. The highest BCUT2D eigenvalue weighted by Gasteiger charge is 2.46. The number of amides is 1. The molecule has 0 saturated heterocycles. The number of nitrogens with zero attached hydrogens (tertiary/aromatic N) is 2. The van der Waals surface area contributed by atoms with Gasteiger partial charge >= 0.3 is 21.9 Å². The van der Waals surface area contributed by atoms with Crippen LogP contribution in [0, 0.1) is 6.92 Å². The number of rotatable bonds is 5. The number of thioether (sulfide) groups is 1. The van der Waals surface area contributed by atoms with Gasteiger partial charge in [0.25, 0.3) is 0 Å². The van der Waals surface area contributed by atoms with Gasteiger partial charge in [-0.2, -0.15) is 17.7 Å². The highest BCUT2D eigenvalue weighted by atomic mass is 35.5. The summed E-state index contributed by atoms with van der Waals surface area (Å²) < 4.78 is 29.4. The van der Waals surface area contributed by atoms with Crippen molar-refractivity contribution in [3.05, 3.63) is 99.5 Å². The summed E-state index contributed by atoms with van der Waals surface area (Å²) in [6, 6.07) is 19.5. The Morgan fingerprint density at radius 1 is 1.08 bits per heavy atom. The number of fused-ring (bicyclic) bond motifs is 1. The summed E-state index contributed by atoms with van der Waals surface area (Å²) in [6.07, 6.45) is 1.81. The van der Waals surface area contributed by atoms with E-state index in [9.17, 15) is 13.2 Å². The number of allylic oxidation sites excluding steroid dienone is 1. The molecule has 37 heavy (non-hydrogen) atoms. The highest BCUT2D eigenvalue weighted by Crippen LogP contribution is 2.40. The average Bonchev–Trinajstić information content (AvgIpc) is 3.29. The second kappa shape index (κ2) is 10.3. The molecule has 0 saturated carbocycles. The van der Waals surface area contributed by atoms with E-state index >= 15 is 0 Å². The highest BCUT2D eigenvalue weighted by molar-refractivity contribution is 8.10. The zero-order valence-electron chi connectivity index (χ0n) is 19.4. The first-order chi connectivity index (χ1) is 17.6. The van der Waals surface area contributed by atoms with Crippen LogP contribution in [0.4, 0.5) is 0 Å². The van der Waals surface area contributed by atoms with Crippen molar-refractivity contribution < 1.29 is 17.6 Å². The van der Waals surface area contributed by atoms with E-state index < -0.39 is 15.3 Å². The molecule has 1 unspecified atom stereocenters. The van der Waals surface area contributed by atoms with Crippen LogP contribution in [-0.4, -0.2) is 36.1 Å². The Kier molecular flexibility index (Phi) is 7.26. The molecule has 5 rings (SSSR count). The number of thiol groups is 1. The zero-order chi connectivity index (χ0) is 26.3. The minimum Gasteiger partial charge on any atom is -0.254 e. The number of sulfonamides is 1. The summed E-state index contributed by atoms with van der Waals surface area (Å²) >= 11 is 17.9. The predicted molar refractivity (Wildman–Crippen MR) is 152 cm³/mol. The summed E-state index contributed by atoms with van der Waals surface area (Å²) in [4.78, 5) is 20.7. The third-order valence-electron chi connectivity index (χ3n) is 5.84. The molecule has 1 amide bonds. The number of carbonyl (C=O) groups is 1. The van der Waals surface area contributed by atoms with Crippen LogP contribution in [-0.2, 0) is 21.4 Å². The van der Waals surface area contributed by atoms with E-state index in [1.165, 1.54) is 28.8 Å². The Balaban J connectivity index is 1.60. The maximum absolute atomic E-state index is 13.7. The van der Waals surface area contributed by atoms with Crippen LogP contribution in [0.1, 0.15) is 16.7 Å². The summed E-state index contributed by atoms with van der Waals surface area (Å²) in [6.45, 7) is 1.85. The Labute approximate surface area is 234 Å². The van der Waals surface area contributed by atoms with Crippen LogP contribution in [0.3, 0.4) is 0 Å². The Morgan fingerprint density at radius 2 is 1.78 bits per heavy atom. The second-order valence-corrected chi connectivity index (χ2v) is 12.6. The lowest BCUT2D eigenvalue weighted by Gasteiger charge is -2.22. The number of aryl methyl sites for hydroxylation is 1. The molecule has 1 atom stereocenters. The lowest BCUT2D eigenvalue weighted by molar-refractivity contribution is -0.278. The first-order valence-electron chi connectivity index (χ1n) is 11.1. The van der Waals surface area contributed by atoms with Gasteiger partial charge in [0.05, 0.1) is 0 Å². The molecule has 188 valence electrons. The maximum Gasteiger partial charge on any atom is 0.410 e. The summed E-state index contributed by atoms with van der Waals surface area (Å²) in [7, 11) is -4.14. The van der Waals surface area contributed by atoms with Crippen LogP contribution in [0.5, 0.6) is 0 Å². The van der Waals surface area contributed by atoms with E-state index in [0.717, 1.165) is 16.0 Å². The van der Waals surface area contributed by atoms with Crippen molar-refractivity contribution in [1.29, 1.82) is 0 Å². The first-order valence-corrected chi connectivity index (χ1v) is 14.7. The molecule has 0 spiro atoms. The predicted octanol–water partition coefficient (Wildman–Crippen LogP) is 4.36. The third-order valence-corrected chi connectivity index (χ3v) is 9.68. The number of benzene rings is 3. The fourth-order valence-electron chi connectivity index (χ4n) is 3.92. The first kappa shape index (κ1) is 26.1. The number of hydrogen-bond donors (Lipinski definition) is 2. The largest absolute Gasteiger partial charge is 0.410 e. The molecule has 0 bridgehead atoms. The van der Waals surface area contributed by atoms with Crippen LogP contribution < -0.4 is 4.40 Å². The van der Waals surface area contributed by atoms with E-state index in [-0.39, 0.29) is 28.2 Å². The number of aliphatic imine (C=N–C) groups is 1. The molecule has 2 aliphatic heterocycles. The van der Waals surface area contributed by atoms with Crippen molar-refractivity contribution in [3.8, 4) is 0 Å². The van der Waals surface area contributed by atoms with Gasteiger partial charge in [-0.15, -0.1) is 24.4 Å². The van der Waals surface area contributed by atoms with Gasteiger partial charge in [0.1, 0.15) is 17.2 Å². The number of guanidine groups is 1. The Morgan fingerprint density at radius 3 is 2.49 bits per heavy atom. The van der Waals surface area contributed by atoms with Gasteiger partial charge in [-0.05, 0) is 54.0 Å². The van der Waals surface area contributed by atoms with Gasteiger partial charge in [0, 0.05) is 19.8 Å². The summed E-state index contributed by atoms with van der Waals surface area (Å²) in [5, 5.41) is 0.417. The zero-order valence-corrected chi connectivity index (χ0v) is 23.4.